The van der Waals surface area contributed by atoms with Crippen LogP contribution in [-0.2, 0) is 16.1 Å². The lowest BCUT2D eigenvalue weighted by molar-refractivity contribution is -0.385. The third-order valence-corrected chi connectivity index (χ3v) is 3.25. The van der Waals surface area contributed by atoms with Crippen LogP contribution in [0.2, 0.25) is 0 Å². The minimum atomic E-state index is -0.419. The Morgan fingerprint density at radius 1 is 1.50 bits per heavy atom. The Labute approximate surface area is 114 Å². The Kier molecular flexibility index (Phi) is 6.24. The van der Waals surface area contributed by atoms with Gasteiger partial charge in [-0.15, -0.1) is 0 Å². The van der Waals surface area contributed by atoms with Crippen LogP contribution in [0.1, 0.15) is 19.4 Å². The summed E-state index contributed by atoms with van der Waals surface area (Å²) in [6.07, 6.45) is -0.0453. The van der Waals surface area contributed by atoms with Crippen molar-refractivity contribution in [3.63, 3.8) is 0 Å². The van der Waals surface area contributed by atoms with Gasteiger partial charge in [-0.05, 0) is 35.3 Å². The summed E-state index contributed by atoms with van der Waals surface area (Å²) in [6, 6.07) is 4.90. The van der Waals surface area contributed by atoms with Crippen LogP contribution >= 0.6 is 15.9 Å². The molecule has 0 amide bonds. The molecule has 0 fully saturated rings. The van der Waals surface area contributed by atoms with Gasteiger partial charge < -0.3 is 9.47 Å². The van der Waals surface area contributed by atoms with Crippen molar-refractivity contribution in [3.8, 4) is 0 Å². The van der Waals surface area contributed by atoms with Crippen LogP contribution in [0.3, 0.4) is 0 Å². The Morgan fingerprint density at radius 2 is 2.22 bits per heavy atom. The molecule has 0 radical (unpaired) electrons. The summed E-state index contributed by atoms with van der Waals surface area (Å²) in [7, 11) is 0. The molecule has 1 aromatic rings. The highest BCUT2D eigenvalue weighted by Crippen LogP contribution is 2.28. The lowest BCUT2D eigenvalue weighted by atomic mass is 10.2. The van der Waals surface area contributed by atoms with Gasteiger partial charge in [0.1, 0.15) is 4.47 Å². The molecule has 0 spiro atoms. The van der Waals surface area contributed by atoms with Crippen LogP contribution in [0, 0.1) is 10.1 Å². The van der Waals surface area contributed by atoms with Gasteiger partial charge in [-0.3, -0.25) is 10.1 Å². The molecule has 0 aliphatic heterocycles. The van der Waals surface area contributed by atoms with Crippen LogP contribution in [0.15, 0.2) is 22.7 Å². The number of benzene rings is 1. The van der Waals surface area contributed by atoms with Crippen LogP contribution in [-0.4, -0.2) is 24.2 Å². The van der Waals surface area contributed by atoms with Crippen LogP contribution < -0.4 is 0 Å². The van der Waals surface area contributed by atoms with Crippen LogP contribution in [0.4, 0.5) is 5.69 Å². The van der Waals surface area contributed by atoms with Crippen molar-refractivity contribution in [2.75, 3.05) is 13.2 Å². The average molecular weight is 318 g/mol. The number of halogens is 1. The van der Waals surface area contributed by atoms with E-state index in [1.54, 1.807) is 12.1 Å². The number of nitrogens with zero attached hydrogens (tertiary/aromatic N) is 1. The Bertz CT molecular complexity index is 411. The van der Waals surface area contributed by atoms with Crippen molar-refractivity contribution in [1.82, 2.24) is 0 Å². The van der Waals surface area contributed by atoms with Gasteiger partial charge in [0, 0.05) is 12.7 Å². The first-order valence-electron chi connectivity index (χ1n) is 5.67. The van der Waals surface area contributed by atoms with Gasteiger partial charge >= 0.3 is 0 Å². The normalized spacial score (nSPS) is 12.4. The molecular formula is C12H16BrNO4. The first-order chi connectivity index (χ1) is 8.56. The van der Waals surface area contributed by atoms with E-state index >= 15 is 0 Å². The van der Waals surface area contributed by atoms with E-state index in [4.69, 9.17) is 9.47 Å². The highest BCUT2D eigenvalue weighted by Gasteiger charge is 2.15. The number of rotatable bonds is 7. The highest BCUT2D eigenvalue weighted by molar-refractivity contribution is 9.10. The molecule has 1 aromatic carbocycles. The fourth-order valence-electron chi connectivity index (χ4n) is 1.38. The predicted molar refractivity (Wildman–Crippen MR) is 71.5 cm³/mol. The number of nitro groups is 1. The molecule has 0 saturated carbocycles. The van der Waals surface area contributed by atoms with Gasteiger partial charge in [0.25, 0.3) is 5.69 Å². The van der Waals surface area contributed by atoms with Gasteiger partial charge in [-0.1, -0.05) is 12.1 Å². The Hall–Kier alpha value is -0.980. The molecule has 1 rings (SSSR count). The molecule has 1 atom stereocenters. The summed E-state index contributed by atoms with van der Waals surface area (Å²) in [6.45, 7) is 5.30. The largest absolute Gasteiger partial charge is 0.379 e. The van der Waals surface area contributed by atoms with Crippen molar-refractivity contribution < 1.29 is 14.4 Å². The smallest absolute Gasteiger partial charge is 0.283 e. The van der Waals surface area contributed by atoms with E-state index in [0.717, 1.165) is 5.56 Å². The summed E-state index contributed by atoms with van der Waals surface area (Å²) >= 11 is 3.23. The number of nitro benzene ring substituents is 1. The number of hydrogen-bond acceptors (Lipinski definition) is 4. The lowest BCUT2D eigenvalue weighted by Gasteiger charge is -2.13. The topological polar surface area (TPSA) is 61.6 Å². The Morgan fingerprint density at radius 3 is 2.83 bits per heavy atom. The van der Waals surface area contributed by atoms with E-state index in [2.05, 4.69) is 15.9 Å². The zero-order valence-electron chi connectivity index (χ0n) is 10.4. The minimum Gasteiger partial charge on any atom is -0.379 e. The molecule has 0 aliphatic rings. The third-order valence-electron chi connectivity index (χ3n) is 2.34. The first kappa shape index (κ1) is 15.1. The second-order valence-corrected chi connectivity index (χ2v) is 4.58. The molecule has 0 bridgehead atoms. The number of ether oxygens (including phenoxy) is 2. The van der Waals surface area contributed by atoms with E-state index in [1.807, 2.05) is 13.8 Å². The van der Waals surface area contributed by atoms with Gasteiger partial charge in [-0.2, -0.15) is 0 Å². The van der Waals surface area contributed by atoms with Crippen molar-refractivity contribution in [3.05, 3.63) is 38.3 Å². The minimum absolute atomic E-state index is 0.0453. The standard InChI is InChI=1S/C12H16BrNO4/c1-3-17-7-9(2)18-8-10-5-4-6-11(12(10)13)14(15)16/h4-6,9H,3,7-8H2,1-2H3. The van der Waals surface area contributed by atoms with Crippen molar-refractivity contribution >= 4 is 21.6 Å². The van der Waals surface area contributed by atoms with Crippen molar-refractivity contribution in [2.24, 2.45) is 0 Å². The van der Waals surface area contributed by atoms with Crippen LogP contribution in [0.25, 0.3) is 0 Å². The molecule has 0 aromatic heterocycles. The fourth-order valence-corrected chi connectivity index (χ4v) is 1.91. The maximum absolute atomic E-state index is 10.8. The molecule has 0 aliphatic carbocycles. The van der Waals surface area contributed by atoms with Gasteiger partial charge in [0.05, 0.1) is 24.2 Å². The molecule has 0 N–H and O–H groups in total. The number of hydrogen-bond donors (Lipinski definition) is 0. The fraction of sp³-hybridized carbons (Fsp3) is 0.500. The van der Waals surface area contributed by atoms with E-state index in [-0.39, 0.29) is 11.8 Å². The zero-order chi connectivity index (χ0) is 13.5. The van der Waals surface area contributed by atoms with Crippen LogP contribution in [0.5, 0.6) is 0 Å². The van der Waals surface area contributed by atoms with E-state index in [9.17, 15) is 10.1 Å². The molecule has 5 nitrogen and oxygen atoms in total. The highest BCUT2D eigenvalue weighted by atomic mass is 79.9. The molecule has 18 heavy (non-hydrogen) atoms. The van der Waals surface area contributed by atoms with Crippen molar-refractivity contribution in [2.45, 2.75) is 26.6 Å². The van der Waals surface area contributed by atoms with E-state index in [0.29, 0.717) is 24.3 Å². The zero-order valence-corrected chi connectivity index (χ0v) is 12.0. The second kappa shape index (κ2) is 7.45. The van der Waals surface area contributed by atoms with Gasteiger partial charge in [-0.25, -0.2) is 0 Å². The van der Waals surface area contributed by atoms with Crippen molar-refractivity contribution in [1.29, 1.82) is 0 Å². The summed E-state index contributed by atoms with van der Waals surface area (Å²) in [4.78, 5) is 10.3. The van der Waals surface area contributed by atoms with Gasteiger partial charge in [0.15, 0.2) is 0 Å². The quantitative estimate of drug-likeness (QED) is 0.572. The van der Waals surface area contributed by atoms with E-state index in [1.165, 1.54) is 6.07 Å². The Balaban J connectivity index is 2.62. The summed E-state index contributed by atoms with van der Waals surface area (Å²) in [5, 5.41) is 10.8. The summed E-state index contributed by atoms with van der Waals surface area (Å²) in [5.41, 5.74) is 0.807. The first-order valence-corrected chi connectivity index (χ1v) is 6.46. The monoisotopic (exact) mass is 317 g/mol. The maximum Gasteiger partial charge on any atom is 0.283 e. The second-order valence-electron chi connectivity index (χ2n) is 3.79. The molecule has 100 valence electrons. The van der Waals surface area contributed by atoms with E-state index < -0.39 is 4.92 Å². The molecule has 0 heterocycles. The SMILES string of the molecule is CCOCC(C)OCc1cccc([N+](=O)[O-])c1Br. The predicted octanol–water partition coefficient (Wildman–Crippen LogP) is 3.30. The molecule has 1 unspecified atom stereocenters. The third kappa shape index (κ3) is 4.36. The molecule has 6 heteroatoms. The lowest BCUT2D eigenvalue weighted by Crippen LogP contribution is -2.16. The molecular weight excluding hydrogens is 302 g/mol. The average Bonchev–Trinajstić information content (AvgIpc) is 2.34. The maximum atomic E-state index is 10.8. The summed E-state index contributed by atoms with van der Waals surface area (Å²) in [5.74, 6) is 0. The summed E-state index contributed by atoms with van der Waals surface area (Å²) < 4.78 is 11.3. The van der Waals surface area contributed by atoms with Gasteiger partial charge in [0.2, 0.25) is 0 Å². The molecule has 0 saturated heterocycles.